The molecule has 1 aliphatic heterocycles. The molecule has 0 aromatic carbocycles. The molecule has 0 unspecified atom stereocenters. The Kier molecular flexibility index (Phi) is 7.34. The number of carbonyl (C=O) groups is 2. The number of rotatable bonds is 6. The van der Waals surface area contributed by atoms with Gasteiger partial charge in [0.2, 0.25) is 0 Å². The zero-order valence-electron chi connectivity index (χ0n) is 15.0. The van der Waals surface area contributed by atoms with Crippen LogP contribution in [0.25, 0.3) is 0 Å². The highest BCUT2D eigenvalue weighted by Gasteiger charge is 2.29. The van der Waals surface area contributed by atoms with Crippen LogP contribution in [0, 0.1) is 11.8 Å². The minimum atomic E-state index is -0.709. The van der Waals surface area contributed by atoms with Gasteiger partial charge in [0, 0.05) is 25.7 Å². The zero-order chi connectivity index (χ0) is 17.5. The molecule has 138 valence electrons. The lowest BCUT2D eigenvalue weighted by Crippen LogP contribution is -2.49. The summed E-state index contributed by atoms with van der Waals surface area (Å²) in [6.45, 7) is 6.67. The molecule has 6 heteroatoms. The van der Waals surface area contributed by atoms with E-state index in [0.717, 1.165) is 51.8 Å². The Hall–Kier alpha value is -1.30. The number of likely N-dealkylation sites (tertiary alicyclic amines) is 1. The molecule has 0 atom stereocenters. The monoisotopic (exact) mass is 340 g/mol. The fourth-order valence-electron chi connectivity index (χ4n) is 3.45. The lowest BCUT2D eigenvalue weighted by atomic mass is 9.86. The first-order valence-corrected chi connectivity index (χ1v) is 9.35. The molecule has 1 saturated heterocycles. The number of amides is 2. The third-order valence-corrected chi connectivity index (χ3v) is 5.18. The van der Waals surface area contributed by atoms with Crippen LogP contribution in [-0.2, 0) is 9.53 Å². The van der Waals surface area contributed by atoms with Crippen LogP contribution in [-0.4, -0.2) is 53.8 Å². The second-order valence-corrected chi connectivity index (χ2v) is 7.58. The SMILES string of the molecule is CC(C)CCOC1CCN(C(=O)NC2CCC(C(=O)O)CC2)CC1. The van der Waals surface area contributed by atoms with Crippen molar-refractivity contribution in [2.75, 3.05) is 19.7 Å². The number of carbonyl (C=O) groups excluding carboxylic acids is 1. The maximum absolute atomic E-state index is 12.3. The summed E-state index contributed by atoms with van der Waals surface area (Å²) in [5.41, 5.74) is 0. The fraction of sp³-hybridized carbons (Fsp3) is 0.889. The van der Waals surface area contributed by atoms with Gasteiger partial charge in [0.25, 0.3) is 0 Å². The number of hydrogen-bond acceptors (Lipinski definition) is 3. The summed E-state index contributed by atoms with van der Waals surface area (Å²) in [5, 5.41) is 12.1. The molecule has 0 spiro atoms. The van der Waals surface area contributed by atoms with Gasteiger partial charge in [-0.3, -0.25) is 4.79 Å². The van der Waals surface area contributed by atoms with Crippen molar-refractivity contribution >= 4 is 12.0 Å². The first-order valence-electron chi connectivity index (χ1n) is 9.35. The molecule has 2 N–H and O–H groups in total. The van der Waals surface area contributed by atoms with E-state index < -0.39 is 5.97 Å². The van der Waals surface area contributed by atoms with E-state index in [1.165, 1.54) is 0 Å². The van der Waals surface area contributed by atoms with Crippen molar-refractivity contribution in [3.05, 3.63) is 0 Å². The molecule has 0 bridgehead atoms. The molecule has 2 aliphatic rings. The van der Waals surface area contributed by atoms with Crippen molar-refractivity contribution in [2.45, 2.75) is 70.9 Å². The highest BCUT2D eigenvalue weighted by Crippen LogP contribution is 2.24. The number of piperidine rings is 1. The quantitative estimate of drug-likeness (QED) is 0.779. The maximum Gasteiger partial charge on any atom is 0.317 e. The van der Waals surface area contributed by atoms with Crippen LogP contribution in [0.3, 0.4) is 0 Å². The number of carboxylic acids is 1. The molecule has 0 aromatic heterocycles. The Morgan fingerprint density at radius 1 is 1.12 bits per heavy atom. The Morgan fingerprint density at radius 2 is 1.75 bits per heavy atom. The van der Waals surface area contributed by atoms with E-state index in [0.29, 0.717) is 18.8 Å². The van der Waals surface area contributed by atoms with Gasteiger partial charge in [0.15, 0.2) is 0 Å². The first kappa shape index (κ1) is 19.0. The van der Waals surface area contributed by atoms with Gasteiger partial charge in [-0.2, -0.15) is 0 Å². The molecule has 6 nitrogen and oxygen atoms in total. The van der Waals surface area contributed by atoms with Crippen molar-refractivity contribution < 1.29 is 19.4 Å². The standard InChI is InChI=1S/C18H32N2O4/c1-13(2)9-12-24-16-7-10-20(11-8-16)18(23)19-15-5-3-14(4-6-15)17(21)22/h13-16H,3-12H2,1-2H3,(H,19,23)(H,21,22). The van der Waals surface area contributed by atoms with Crippen molar-refractivity contribution in [3.8, 4) is 0 Å². The van der Waals surface area contributed by atoms with Gasteiger partial charge in [0.05, 0.1) is 12.0 Å². The smallest absolute Gasteiger partial charge is 0.317 e. The summed E-state index contributed by atoms with van der Waals surface area (Å²) in [4.78, 5) is 25.2. The lowest BCUT2D eigenvalue weighted by Gasteiger charge is -2.34. The summed E-state index contributed by atoms with van der Waals surface area (Å²) < 4.78 is 5.89. The van der Waals surface area contributed by atoms with Crippen LogP contribution in [0.15, 0.2) is 0 Å². The average molecular weight is 340 g/mol. The first-order chi connectivity index (χ1) is 11.5. The van der Waals surface area contributed by atoms with Gasteiger partial charge in [0.1, 0.15) is 0 Å². The predicted octanol–water partition coefficient (Wildman–Crippen LogP) is 2.87. The maximum atomic E-state index is 12.3. The van der Waals surface area contributed by atoms with Gasteiger partial charge in [-0.15, -0.1) is 0 Å². The zero-order valence-corrected chi connectivity index (χ0v) is 15.0. The molecule has 0 aromatic rings. The minimum absolute atomic E-state index is 0.00518. The van der Waals surface area contributed by atoms with Crippen LogP contribution < -0.4 is 5.32 Å². The molecule has 2 amide bonds. The topological polar surface area (TPSA) is 78.9 Å². The Balaban J connectivity index is 1.63. The summed E-state index contributed by atoms with van der Waals surface area (Å²) in [5.74, 6) is -0.289. The van der Waals surface area contributed by atoms with Crippen molar-refractivity contribution in [1.29, 1.82) is 0 Å². The van der Waals surface area contributed by atoms with E-state index >= 15 is 0 Å². The van der Waals surface area contributed by atoms with Crippen LogP contribution in [0.5, 0.6) is 0 Å². The van der Waals surface area contributed by atoms with Gasteiger partial charge in [-0.25, -0.2) is 4.79 Å². The third-order valence-electron chi connectivity index (χ3n) is 5.18. The molecule has 2 rings (SSSR count). The second kappa shape index (κ2) is 9.25. The third kappa shape index (κ3) is 5.96. The summed E-state index contributed by atoms with van der Waals surface area (Å²) in [6, 6.07) is 0.113. The number of carboxylic acid groups (broad SMARTS) is 1. The van der Waals surface area contributed by atoms with Crippen LogP contribution in [0.2, 0.25) is 0 Å². The average Bonchev–Trinajstić information content (AvgIpc) is 2.55. The normalized spacial score (nSPS) is 25.7. The van der Waals surface area contributed by atoms with Gasteiger partial charge in [-0.05, 0) is 50.9 Å². The van der Waals surface area contributed by atoms with Crippen LogP contribution in [0.1, 0.15) is 58.8 Å². The van der Waals surface area contributed by atoms with Crippen LogP contribution >= 0.6 is 0 Å². The highest BCUT2D eigenvalue weighted by atomic mass is 16.5. The van der Waals surface area contributed by atoms with Gasteiger partial charge in [-0.1, -0.05) is 13.8 Å². The number of nitrogens with one attached hydrogen (secondary N) is 1. The lowest BCUT2D eigenvalue weighted by molar-refractivity contribution is -0.142. The number of urea groups is 1. The van der Waals surface area contributed by atoms with E-state index in [1.54, 1.807) is 0 Å². The Bertz CT molecular complexity index is 411. The summed E-state index contributed by atoms with van der Waals surface area (Å²) in [7, 11) is 0. The molecular weight excluding hydrogens is 308 g/mol. The number of ether oxygens (including phenoxy) is 1. The number of hydrogen-bond donors (Lipinski definition) is 2. The van der Waals surface area contributed by atoms with Gasteiger partial charge >= 0.3 is 12.0 Å². The minimum Gasteiger partial charge on any atom is -0.481 e. The highest BCUT2D eigenvalue weighted by molar-refractivity contribution is 5.74. The Morgan fingerprint density at radius 3 is 2.29 bits per heavy atom. The molecule has 2 fully saturated rings. The van der Waals surface area contributed by atoms with E-state index in [-0.39, 0.29) is 24.1 Å². The van der Waals surface area contributed by atoms with E-state index in [2.05, 4.69) is 19.2 Å². The Labute approximate surface area is 144 Å². The number of aliphatic carboxylic acids is 1. The second-order valence-electron chi connectivity index (χ2n) is 7.58. The summed E-state index contributed by atoms with van der Waals surface area (Å²) >= 11 is 0. The molecule has 1 aliphatic carbocycles. The fourth-order valence-corrected chi connectivity index (χ4v) is 3.45. The number of nitrogens with zero attached hydrogens (tertiary/aromatic N) is 1. The predicted molar refractivity (Wildman–Crippen MR) is 91.9 cm³/mol. The molecule has 1 saturated carbocycles. The van der Waals surface area contributed by atoms with E-state index in [9.17, 15) is 9.59 Å². The van der Waals surface area contributed by atoms with Crippen molar-refractivity contribution in [2.24, 2.45) is 11.8 Å². The largest absolute Gasteiger partial charge is 0.481 e. The van der Waals surface area contributed by atoms with E-state index in [4.69, 9.17) is 9.84 Å². The van der Waals surface area contributed by atoms with E-state index in [1.807, 2.05) is 4.90 Å². The molecular formula is C18H32N2O4. The van der Waals surface area contributed by atoms with Crippen molar-refractivity contribution in [3.63, 3.8) is 0 Å². The molecule has 24 heavy (non-hydrogen) atoms. The van der Waals surface area contributed by atoms with Crippen molar-refractivity contribution in [1.82, 2.24) is 10.2 Å². The molecule has 0 radical (unpaired) electrons. The van der Waals surface area contributed by atoms with Crippen LogP contribution in [0.4, 0.5) is 4.79 Å². The van der Waals surface area contributed by atoms with Gasteiger partial charge < -0.3 is 20.1 Å². The molecule has 1 heterocycles. The summed E-state index contributed by atoms with van der Waals surface area (Å²) in [6.07, 6.45) is 6.00.